The number of hydrogen-bond donors (Lipinski definition) is 2. The predicted octanol–water partition coefficient (Wildman–Crippen LogP) is 1.58. The molecule has 0 radical (unpaired) electrons. The summed E-state index contributed by atoms with van der Waals surface area (Å²) in [6.07, 6.45) is 6.04. The van der Waals surface area contributed by atoms with Crippen LogP contribution in [0.1, 0.15) is 28.2 Å². The molecule has 22 heavy (non-hydrogen) atoms. The van der Waals surface area contributed by atoms with Gasteiger partial charge in [0, 0.05) is 25.4 Å². The van der Waals surface area contributed by atoms with Crippen molar-refractivity contribution in [2.24, 2.45) is 13.0 Å². The molecule has 1 saturated heterocycles. The monoisotopic (exact) mass is 319 g/mol. The highest BCUT2D eigenvalue weighted by Crippen LogP contribution is 2.27. The van der Waals surface area contributed by atoms with E-state index in [2.05, 4.69) is 20.7 Å². The molecule has 2 aromatic heterocycles. The lowest BCUT2D eigenvalue weighted by atomic mass is 10.00. The van der Waals surface area contributed by atoms with E-state index in [0.717, 1.165) is 35.9 Å². The molecule has 1 unspecified atom stereocenters. The minimum Gasteiger partial charge on any atom is -0.351 e. The van der Waals surface area contributed by atoms with E-state index in [4.69, 9.17) is 0 Å². The van der Waals surface area contributed by atoms with Crippen molar-refractivity contribution < 1.29 is 4.79 Å². The molecule has 1 fully saturated rings. The van der Waals surface area contributed by atoms with Crippen LogP contribution in [0.3, 0.4) is 0 Å². The van der Waals surface area contributed by atoms with E-state index in [1.54, 1.807) is 10.9 Å². The number of aryl methyl sites for hydroxylation is 2. The molecule has 1 amide bonds. The number of thiazole rings is 1. The Labute approximate surface area is 133 Å². The van der Waals surface area contributed by atoms with Crippen molar-refractivity contribution in [1.29, 1.82) is 0 Å². The standard InChI is InChI=1S/C15H21N5OS/c1-10-13(14(21)17-7-11-4-3-5-16-6-11)22-15(19-10)12-8-18-20(2)9-12/h8-9,11,16H,3-7H2,1-2H3,(H,17,21). The first-order valence-electron chi connectivity index (χ1n) is 7.59. The highest BCUT2D eigenvalue weighted by Gasteiger charge is 2.19. The Balaban J connectivity index is 1.66. The summed E-state index contributed by atoms with van der Waals surface area (Å²) in [5.74, 6) is 0.513. The van der Waals surface area contributed by atoms with Crippen molar-refractivity contribution in [2.75, 3.05) is 19.6 Å². The Morgan fingerprint density at radius 1 is 1.59 bits per heavy atom. The number of carbonyl (C=O) groups is 1. The summed E-state index contributed by atoms with van der Waals surface area (Å²) < 4.78 is 1.74. The minimum absolute atomic E-state index is 0.0179. The lowest BCUT2D eigenvalue weighted by molar-refractivity contribution is 0.0948. The van der Waals surface area contributed by atoms with Gasteiger partial charge in [-0.05, 0) is 38.8 Å². The van der Waals surface area contributed by atoms with E-state index < -0.39 is 0 Å². The number of rotatable bonds is 4. The zero-order valence-electron chi connectivity index (χ0n) is 12.9. The predicted molar refractivity (Wildman–Crippen MR) is 87.0 cm³/mol. The average molecular weight is 319 g/mol. The van der Waals surface area contributed by atoms with E-state index in [1.165, 1.54) is 24.2 Å². The number of aromatic nitrogens is 3. The van der Waals surface area contributed by atoms with Gasteiger partial charge in [0.25, 0.3) is 5.91 Å². The Kier molecular flexibility index (Phi) is 4.54. The lowest BCUT2D eigenvalue weighted by Gasteiger charge is -2.22. The van der Waals surface area contributed by atoms with Crippen LogP contribution in [0, 0.1) is 12.8 Å². The fraction of sp³-hybridized carbons (Fsp3) is 0.533. The summed E-state index contributed by atoms with van der Waals surface area (Å²) in [7, 11) is 1.87. The van der Waals surface area contributed by atoms with E-state index in [0.29, 0.717) is 10.8 Å². The van der Waals surface area contributed by atoms with Gasteiger partial charge in [0.15, 0.2) is 0 Å². The van der Waals surface area contributed by atoms with Gasteiger partial charge in [-0.25, -0.2) is 4.98 Å². The van der Waals surface area contributed by atoms with Crippen LogP contribution in [0.15, 0.2) is 12.4 Å². The van der Waals surface area contributed by atoms with E-state index >= 15 is 0 Å². The summed E-state index contributed by atoms with van der Waals surface area (Å²) in [6, 6.07) is 0. The number of piperidine rings is 1. The minimum atomic E-state index is -0.0179. The quantitative estimate of drug-likeness (QED) is 0.897. The van der Waals surface area contributed by atoms with Crippen LogP contribution >= 0.6 is 11.3 Å². The molecule has 6 nitrogen and oxygen atoms in total. The number of carbonyl (C=O) groups excluding carboxylic acids is 1. The maximum atomic E-state index is 12.4. The molecule has 7 heteroatoms. The van der Waals surface area contributed by atoms with E-state index in [-0.39, 0.29) is 5.91 Å². The van der Waals surface area contributed by atoms with Crippen LogP contribution in [0.25, 0.3) is 10.6 Å². The molecule has 3 heterocycles. The van der Waals surface area contributed by atoms with Gasteiger partial charge >= 0.3 is 0 Å². The van der Waals surface area contributed by atoms with Crippen molar-refractivity contribution >= 4 is 17.2 Å². The maximum Gasteiger partial charge on any atom is 0.263 e. The number of nitrogens with one attached hydrogen (secondary N) is 2. The van der Waals surface area contributed by atoms with Gasteiger partial charge in [-0.15, -0.1) is 11.3 Å². The molecule has 1 aliphatic rings. The van der Waals surface area contributed by atoms with E-state index in [1.807, 2.05) is 20.2 Å². The Morgan fingerprint density at radius 2 is 2.45 bits per heavy atom. The highest BCUT2D eigenvalue weighted by molar-refractivity contribution is 7.17. The fourth-order valence-electron chi connectivity index (χ4n) is 2.68. The molecule has 0 saturated carbocycles. The average Bonchev–Trinajstić information content (AvgIpc) is 3.12. The van der Waals surface area contributed by atoms with Crippen molar-refractivity contribution in [3.63, 3.8) is 0 Å². The van der Waals surface area contributed by atoms with Crippen molar-refractivity contribution in [2.45, 2.75) is 19.8 Å². The summed E-state index contributed by atoms with van der Waals surface area (Å²) in [5, 5.41) is 11.4. The number of hydrogen-bond acceptors (Lipinski definition) is 5. The summed E-state index contributed by atoms with van der Waals surface area (Å²) in [5.41, 5.74) is 1.73. The van der Waals surface area contributed by atoms with Crippen molar-refractivity contribution in [3.8, 4) is 10.6 Å². The molecule has 3 rings (SSSR count). The molecule has 1 aliphatic heterocycles. The van der Waals surface area contributed by atoms with E-state index in [9.17, 15) is 4.79 Å². The highest BCUT2D eigenvalue weighted by atomic mass is 32.1. The Hall–Kier alpha value is -1.73. The van der Waals surface area contributed by atoms with Crippen LogP contribution in [0.4, 0.5) is 0 Å². The van der Waals surface area contributed by atoms with Crippen LogP contribution in [0.2, 0.25) is 0 Å². The first-order chi connectivity index (χ1) is 10.6. The van der Waals surface area contributed by atoms with Gasteiger partial charge in [0.05, 0.1) is 11.9 Å². The third-order valence-corrected chi connectivity index (χ3v) is 5.11. The zero-order valence-corrected chi connectivity index (χ0v) is 13.7. The fourth-order valence-corrected chi connectivity index (χ4v) is 3.64. The van der Waals surface area contributed by atoms with Gasteiger partial charge in [0.1, 0.15) is 9.88 Å². The molecule has 0 aliphatic carbocycles. The van der Waals surface area contributed by atoms with Crippen LogP contribution in [-0.4, -0.2) is 40.3 Å². The van der Waals surface area contributed by atoms with Gasteiger partial charge < -0.3 is 10.6 Å². The molecule has 1 atom stereocenters. The summed E-state index contributed by atoms with van der Waals surface area (Å²) in [6.45, 7) is 4.69. The summed E-state index contributed by atoms with van der Waals surface area (Å²) >= 11 is 1.43. The second-order valence-corrected chi connectivity index (χ2v) is 6.76. The van der Waals surface area contributed by atoms with Gasteiger partial charge in [-0.3, -0.25) is 9.48 Å². The number of amides is 1. The Bertz CT molecular complexity index is 657. The molecular weight excluding hydrogens is 298 g/mol. The molecule has 0 bridgehead atoms. The smallest absolute Gasteiger partial charge is 0.263 e. The second kappa shape index (κ2) is 6.58. The molecular formula is C15H21N5OS. The molecule has 118 valence electrons. The van der Waals surface area contributed by atoms with Crippen LogP contribution in [-0.2, 0) is 7.05 Å². The van der Waals surface area contributed by atoms with Gasteiger partial charge in [-0.2, -0.15) is 5.10 Å². The topological polar surface area (TPSA) is 71.8 Å². The third-order valence-electron chi connectivity index (χ3n) is 3.90. The first kappa shape index (κ1) is 15.2. The third kappa shape index (κ3) is 3.36. The Morgan fingerprint density at radius 3 is 3.14 bits per heavy atom. The normalized spacial score (nSPS) is 18.4. The van der Waals surface area contributed by atoms with Crippen LogP contribution in [0.5, 0.6) is 0 Å². The molecule has 0 spiro atoms. The first-order valence-corrected chi connectivity index (χ1v) is 8.40. The van der Waals surface area contributed by atoms with Gasteiger partial charge in [0.2, 0.25) is 0 Å². The summed E-state index contributed by atoms with van der Waals surface area (Å²) in [4.78, 5) is 17.6. The van der Waals surface area contributed by atoms with Crippen molar-refractivity contribution in [3.05, 3.63) is 23.0 Å². The second-order valence-electron chi connectivity index (χ2n) is 5.76. The molecule has 2 aromatic rings. The lowest BCUT2D eigenvalue weighted by Crippen LogP contribution is -2.38. The SMILES string of the molecule is Cc1nc(-c2cnn(C)c2)sc1C(=O)NCC1CCCNC1. The van der Waals surface area contributed by atoms with Crippen molar-refractivity contribution in [1.82, 2.24) is 25.4 Å². The maximum absolute atomic E-state index is 12.4. The molecule has 0 aromatic carbocycles. The largest absolute Gasteiger partial charge is 0.351 e. The molecule has 2 N–H and O–H groups in total. The van der Waals surface area contributed by atoms with Crippen LogP contribution < -0.4 is 10.6 Å². The number of nitrogens with zero attached hydrogens (tertiary/aromatic N) is 3. The zero-order chi connectivity index (χ0) is 15.5. The van der Waals surface area contributed by atoms with Gasteiger partial charge in [-0.1, -0.05) is 0 Å².